The largest absolute Gasteiger partial charge is 0.481 e. The molecule has 0 radical (unpaired) electrons. The van der Waals surface area contributed by atoms with Crippen LogP contribution in [0.5, 0.6) is 0 Å². The molecule has 1 aromatic rings. The van der Waals surface area contributed by atoms with Crippen LogP contribution in [0.4, 0.5) is 4.79 Å². The predicted octanol–water partition coefficient (Wildman–Crippen LogP) is 1.63. The number of rotatable bonds is 5. The molecule has 1 aromatic carbocycles. The summed E-state index contributed by atoms with van der Waals surface area (Å²) >= 11 is 0. The van der Waals surface area contributed by atoms with Gasteiger partial charge < -0.3 is 20.1 Å². The van der Waals surface area contributed by atoms with E-state index in [2.05, 4.69) is 11.4 Å². The summed E-state index contributed by atoms with van der Waals surface area (Å²) in [6.45, 7) is 2.92. The molecule has 1 aliphatic heterocycles. The number of carboxylic acid groups (broad SMARTS) is 1. The van der Waals surface area contributed by atoms with Crippen molar-refractivity contribution in [3.63, 3.8) is 0 Å². The molecule has 0 saturated carbocycles. The molecule has 1 heterocycles. The van der Waals surface area contributed by atoms with Gasteiger partial charge in [0.05, 0.1) is 18.6 Å². The zero-order chi connectivity index (χ0) is 16.1. The number of ether oxygens (including phenoxy) is 1. The van der Waals surface area contributed by atoms with E-state index in [9.17, 15) is 9.59 Å². The van der Waals surface area contributed by atoms with Gasteiger partial charge in [-0.1, -0.05) is 24.3 Å². The van der Waals surface area contributed by atoms with Crippen molar-refractivity contribution in [2.75, 3.05) is 13.7 Å². The molecule has 0 unspecified atom stereocenters. The number of aliphatic carboxylic acids is 1. The highest BCUT2D eigenvalue weighted by molar-refractivity contribution is 5.76. The van der Waals surface area contributed by atoms with E-state index in [0.717, 1.165) is 12.0 Å². The van der Waals surface area contributed by atoms with Gasteiger partial charge in [-0.25, -0.2) is 4.79 Å². The maximum atomic E-state index is 12.4. The fourth-order valence-corrected chi connectivity index (χ4v) is 2.61. The molecular weight excluding hydrogens is 284 g/mol. The van der Waals surface area contributed by atoms with Gasteiger partial charge in [-0.05, 0) is 24.5 Å². The summed E-state index contributed by atoms with van der Waals surface area (Å²) in [5, 5.41) is 11.7. The summed E-state index contributed by atoms with van der Waals surface area (Å²) in [6.07, 6.45) is 0.287. The minimum absolute atomic E-state index is 0.162. The first-order valence-electron chi connectivity index (χ1n) is 7.38. The van der Waals surface area contributed by atoms with Gasteiger partial charge in [0.2, 0.25) is 0 Å². The second-order valence-corrected chi connectivity index (χ2v) is 5.53. The van der Waals surface area contributed by atoms with Crippen LogP contribution in [-0.2, 0) is 22.5 Å². The van der Waals surface area contributed by atoms with E-state index in [-0.39, 0.29) is 18.6 Å². The first kappa shape index (κ1) is 16.3. The lowest BCUT2D eigenvalue weighted by Gasteiger charge is -2.31. The number of urea groups is 1. The van der Waals surface area contributed by atoms with Gasteiger partial charge in [-0.3, -0.25) is 4.79 Å². The fraction of sp³-hybridized carbons (Fsp3) is 0.500. The number of hydrogen-bond acceptors (Lipinski definition) is 3. The number of methoxy groups -OCH3 is 1. The Balaban J connectivity index is 2.00. The lowest BCUT2D eigenvalue weighted by Crippen LogP contribution is -2.50. The number of amides is 2. The Morgan fingerprint density at radius 3 is 2.68 bits per heavy atom. The predicted molar refractivity (Wildman–Crippen MR) is 81.6 cm³/mol. The van der Waals surface area contributed by atoms with Crippen molar-refractivity contribution in [3.05, 3.63) is 35.4 Å². The SMILES string of the molecule is CO[C@H](C)[C@@H](CC(=O)O)NC(=O)N1CCc2ccccc2C1. The van der Waals surface area contributed by atoms with E-state index in [4.69, 9.17) is 9.84 Å². The molecule has 0 bridgehead atoms. The second-order valence-electron chi connectivity index (χ2n) is 5.53. The summed E-state index contributed by atoms with van der Waals surface area (Å²) in [4.78, 5) is 25.0. The van der Waals surface area contributed by atoms with E-state index in [1.807, 2.05) is 18.2 Å². The number of benzene rings is 1. The number of carboxylic acids is 1. The van der Waals surface area contributed by atoms with Gasteiger partial charge in [-0.2, -0.15) is 0 Å². The maximum absolute atomic E-state index is 12.4. The van der Waals surface area contributed by atoms with E-state index < -0.39 is 12.0 Å². The van der Waals surface area contributed by atoms with Crippen LogP contribution in [0.3, 0.4) is 0 Å². The summed E-state index contributed by atoms with van der Waals surface area (Å²) in [5.41, 5.74) is 2.40. The van der Waals surface area contributed by atoms with Gasteiger partial charge in [0.15, 0.2) is 0 Å². The Morgan fingerprint density at radius 2 is 2.05 bits per heavy atom. The molecule has 2 N–H and O–H groups in total. The standard InChI is InChI=1S/C16H22N2O4/c1-11(22-2)14(9-15(19)20)17-16(21)18-8-7-12-5-3-4-6-13(12)10-18/h3-6,11,14H,7-10H2,1-2H3,(H,17,21)(H,19,20)/t11-,14-/m1/s1. The zero-order valence-electron chi connectivity index (χ0n) is 12.9. The topological polar surface area (TPSA) is 78.9 Å². The third-order valence-electron chi connectivity index (χ3n) is 4.06. The van der Waals surface area contributed by atoms with Crippen molar-refractivity contribution >= 4 is 12.0 Å². The molecular formula is C16H22N2O4. The number of nitrogens with zero attached hydrogens (tertiary/aromatic N) is 1. The Labute approximate surface area is 130 Å². The Hall–Kier alpha value is -2.08. The first-order valence-corrected chi connectivity index (χ1v) is 7.38. The van der Waals surface area contributed by atoms with E-state index >= 15 is 0 Å². The third kappa shape index (κ3) is 3.98. The molecule has 2 rings (SSSR count). The molecule has 6 nitrogen and oxygen atoms in total. The summed E-state index contributed by atoms with van der Waals surface area (Å²) in [7, 11) is 1.50. The van der Waals surface area contributed by atoms with Gasteiger partial charge in [0, 0.05) is 20.2 Å². The highest BCUT2D eigenvalue weighted by Gasteiger charge is 2.26. The molecule has 2 amide bonds. The number of hydrogen-bond donors (Lipinski definition) is 2. The van der Waals surface area contributed by atoms with Crippen LogP contribution in [0.15, 0.2) is 24.3 Å². The molecule has 0 aliphatic carbocycles. The van der Waals surface area contributed by atoms with E-state index in [0.29, 0.717) is 13.1 Å². The van der Waals surface area contributed by atoms with Crippen molar-refractivity contribution < 1.29 is 19.4 Å². The van der Waals surface area contributed by atoms with Crippen LogP contribution < -0.4 is 5.32 Å². The summed E-state index contributed by atoms with van der Waals surface area (Å²) < 4.78 is 5.16. The number of nitrogens with one attached hydrogen (secondary N) is 1. The summed E-state index contributed by atoms with van der Waals surface area (Å²) in [6, 6.07) is 7.25. The van der Waals surface area contributed by atoms with E-state index in [1.54, 1.807) is 11.8 Å². The van der Waals surface area contributed by atoms with Gasteiger partial charge in [0.25, 0.3) is 0 Å². The molecule has 0 saturated heterocycles. The van der Waals surface area contributed by atoms with Crippen molar-refractivity contribution in [1.82, 2.24) is 10.2 Å². The molecule has 0 aromatic heterocycles. The minimum atomic E-state index is -0.960. The average Bonchev–Trinajstić information content (AvgIpc) is 2.52. The van der Waals surface area contributed by atoms with Crippen LogP contribution in [0.25, 0.3) is 0 Å². The van der Waals surface area contributed by atoms with Crippen LogP contribution in [0, 0.1) is 0 Å². The molecule has 120 valence electrons. The minimum Gasteiger partial charge on any atom is -0.481 e. The van der Waals surface area contributed by atoms with Crippen LogP contribution in [0.2, 0.25) is 0 Å². The monoisotopic (exact) mass is 306 g/mol. The molecule has 6 heteroatoms. The molecule has 22 heavy (non-hydrogen) atoms. The second kappa shape index (κ2) is 7.26. The lowest BCUT2D eigenvalue weighted by molar-refractivity contribution is -0.138. The van der Waals surface area contributed by atoms with Crippen molar-refractivity contribution in [2.45, 2.75) is 38.5 Å². The number of carbonyl (C=O) groups is 2. The van der Waals surface area contributed by atoms with Crippen LogP contribution >= 0.6 is 0 Å². The van der Waals surface area contributed by atoms with E-state index in [1.165, 1.54) is 12.7 Å². The smallest absolute Gasteiger partial charge is 0.318 e. The average molecular weight is 306 g/mol. The van der Waals surface area contributed by atoms with Gasteiger partial charge in [-0.15, -0.1) is 0 Å². The fourth-order valence-electron chi connectivity index (χ4n) is 2.61. The molecule has 0 spiro atoms. The highest BCUT2D eigenvalue weighted by atomic mass is 16.5. The van der Waals surface area contributed by atoms with Crippen LogP contribution in [-0.4, -0.2) is 47.8 Å². The van der Waals surface area contributed by atoms with Crippen molar-refractivity contribution in [3.8, 4) is 0 Å². The lowest BCUT2D eigenvalue weighted by atomic mass is 10.0. The van der Waals surface area contributed by atoms with Gasteiger partial charge >= 0.3 is 12.0 Å². The normalized spacial score (nSPS) is 16.5. The highest BCUT2D eigenvalue weighted by Crippen LogP contribution is 2.18. The third-order valence-corrected chi connectivity index (χ3v) is 4.06. The maximum Gasteiger partial charge on any atom is 0.318 e. The number of carbonyl (C=O) groups excluding carboxylic acids is 1. The van der Waals surface area contributed by atoms with Gasteiger partial charge in [0.1, 0.15) is 0 Å². The zero-order valence-corrected chi connectivity index (χ0v) is 12.9. The Kier molecular flexibility index (Phi) is 5.38. The number of fused-ring (bicyclic) bond motifs is 1. The molecule has 1 aliphatic rings. The van der Waals surface area contributed by atoms with Crippen LogP contribution in [0.1, 0.15) is 24.5 Å². The molecule has 0 fully saturated rings. The Bertz CT molecular complexity index is 547. The van der Waals surface area contributed by atoms with Crippen molar-refractivity contribution in [2.24, 2.45) is 0 Å². The molecule has 2 atom stereocenters. The quantitative estimate of drug-likeness (QED) is 0.866. The van der Waals surface area contributed by atoms with Crippen molar-refractivity contribution in [1.29, 1.82) is 0 Å². The summed E-state index contributed by atoms with van der Waals surface area (Å²) in [5.74, 6) is -0.960. The Morgan fingerprint density at radius 1 is 1.36 bits per heavy atom. The first-order chi connectivity index (χ1) is 10.5.